The Morgan fingerprint density at radius 1 is 1.12 bits per heavy atom. The molecule has 0 aliphatic carbocycles. The Bertz CT molecular complexity index is 1010. The maximum Gasteiger partial charge on any atom is 0.324 e. The third-order valence-electron chi connectivity index (χ3n) is 3.49. The van der Waals surface area contributed by atoms with Crippen LogP contribution in [0.5, 0.6) is 0 Å². The van der Waals surface area contributed by atoms with Gasteiger partial charge in [0.05, 0.1) is 20.4 Å². The normalized spacial score (nSPS) is 10.5. The van der Waals surface area contributed by atoms with Gasteiger partial charge in [0, 0.05) is 18.6 Å². The molecule has 7 nitrogen and oxygen atoms in total. The molecule has 0 saturated carbocycles. The Hall–Kier alpha value is -2.91. The van der Waals surface area contributed by atoms with Crippen molar-refractivity contribution in [1.82, 2.24) is 4.98 Å². The predicted octanol–water partition coefficient (Wildman–Crippen LogP) is 4.54. The molecule has 0 atom stereocenters. The number of rotatable bonds is 5. The number of thiazole rings is 1. The van der Waals surface area contributed by atoms with Crippen LogP contribution < -0.4 is 5.32 Å². The highest BCUT2D eigenvalue weighted by Gasteiger charge is 2.20. The predicted molar refractivity (Wildman–Crippen MR) is 101 cm³/mol. The molecule has 1 N–H and O–H groups in total. The third kappa shape index (κ3) is 3.68. The lowest BCUT2D eigenvalue weighted by Crippen LogP contribution is -2.09. The minimum Gasteiger partial charge on any atom is -0.297 e. The first-order chi connectivity index (χ1) is 12.3. The molecule has 2 heterocycles. The summed E-state index contributed by atoms with van der Waals surface area (Å²) in [6.45, 7) is 3.40. The number of ketones is 1. The van der Waals surface area contributed by atoms with E-state index < -0.39 is 10.8 Å². The first-order valence-corrected chi connectivity index (χ1v) is 9.13. The smallest absolute Gasteiger partial charge is 0.297 e. The summed E-state index contributed by atoms with van der Waals surface area (Å²) < 4.78 is 0. The van der Waals surface area contributed by atoms with E-state index >= 15 is 0 Å². The summed E-state index contributed by atoms with van der Waals surface area (Å²) in [5.41, 5.74) is 2.38. The van der Waals surface area contributed by atoms with Crippen LogP contribution in [0.25, 0.3) is 11.3 Å². The van der Waals surface area contributed by atoms with Gasteiger partial charge in [0.2, 0.25) is 0 Å². The van der Waals surface area contributed by atoms with Gasteiger partial charge in [-0.15, -0.1) is 0 Å². The lowest BCUT2D eigenvalue weighted by atomic mass is 10.1. The molecule has 0 bridgehead atoms. The Morgan fingerprint density at radius 2 is 1.81 bits per heavy atom. The van der Waals surface area contributed by atoms with Gasteiger partial charge >= 0.3 is 5.00 Å². The fourth-order valence-electron chi connectivity index (χ4n) is 2.23. The summed E-state index contributed by atoms with van der Waals surface area (Å²) in [5.74, 6) is -0.646. The maximum atomic E-state index is 12.3. The van der Waals surface area contributed by atoms with E-state index in [2.05, 4.69) is 10.3 Å². The fourth-order valence-corrected chi connectivity index (χ4v) is 3.82. The monoisotopic (exact) mass is 387 g/mol. The van der Waals surface area contributed by atoms with E-state index in [1.807, 2.05) is 31.2 Å². The number of anilines is 1. The summed E-state index contributed by atoms with van der Waals surface area (Å²) >= 11 is 1.86. The van der Waals surface area contributed by atoms with E-state index in [4.69, 9.17) is 0 Å². The molecule has 0 radical (unpaired) electrons. The molecule has 3 rings (SSSR count). The quantitative estimate of drug-likeness (QED) is 0.393. The van der Waals surface area contributed by atoms with Gasteiger partial charge in [-0.2, -0.15) is 0 Å². The second-order valence-electron chi connectivity index (χ2n) is 5.47. The molecule has 132 valence electrons. The highest BCUT2D eigenvalue weighted by atomic mass is 32.1. The average molecular weight is 387 g/mol. The SMILES string of the molecule is CC(=O)c1sc(NC(=O)c2ccc([N+](=O)[O-])s2)nc1-c1ccc(C)cc1. The van der Waals surface area contributed by atoms with E-state index in [1.165, 1.54) is 19.1 Å². The molecule has 0 aliphatic rings. The number of nitro groups is 1. The number of hydrogen-bond donors (Lipinski definition) is 1. The number of aryl methyl sites for hydroxylation is 1. The summed E-state index contributed by atoms with van der Waals surface area (Å²) in [7, 11) is 0. The number of carbonyl (C=O) groups excluding carboxylic acids is 2. The molecule has 2 aromatic heterocycles. The van der Waals surface area contributed by atoms with Gasteiger partial charge in [0.25, 0.3) is 5.91 Å². The van der Waals surface area contributed by atoms with E-state index in [0.717, 1.165) is 33.8 Å². The summed E-state index contributed by atoms with van der Waals surface area (Å²) in [6, 6.07) is 10.2. The van der Waals surface area contributed by atoms with Crippen molar-refractivity contribution in [2.75, 3.05) is 5.32 Å². The molecular formula is C17H13N3O4S2. The molecule has 9 heteroatoms. The van der Waals surface area contributed by atoms with E-state index in [1.54, 1.807) is 0 Å². The summed E-state index contributed by atoms with van der Waals surface area (Å²) in [4.78, 5) is 39.4. The zero-order valence-corrected chi connectivity index (χ0v) is 15.4. The van der Waals surface area contributed by atoms with Crippen molar-refractivity contribution in [2.24, 2.45) is 0 Å². The van der Waals surface area contributed by atoms with E-state index in [-0.39, 0.29) is 20.8 Å². The minimum atomic E-state index is -0.547. The summed E-state index contributed by atoms with van der Waals surface area (Å²) in [5, 5.41) is 13.5. The average Bonchev–Trinajstić information content (AvgIpc) is 3.22. The Labute approximate surface area is 156 Å². The number of thiophene rings is 1. The number of Topliss-reactive ketones (excluding diaryl/α,β-unsaturated/α-hetero) is 1. The number of aromatic nitrogens is 1. The standard InChI is InChI=1S/C17H13N3O4S2/c1-9-3-5-11(6-4-9)14-15(10(2)21)26-17(18-14)19-16(22)12-7-8-13(25-12)20(23)24/h3-8H,1-2H3,(H,18,19,22). The van der Waals surface area contributed by atoms with Crippen LogP contribution in [0.3, 0.4) is 0 Å². The Kier molecular flexibility index (Phi) is 4.92. The van der Waals surface area contributed by atoms with Crippen LogP contribution in [0.1, 0.15) is 31.8 Å². The topological polar surface area (TPSA) is 102 Å². The van der Waals surface area contributed by atoms with Crippen LogP contribution in [0.2, 0.25) is 0 Å². The molecular weight excluding hydrogens is 374 g/mol. The second-order valence-corrected chi connectivity index (χ2v) is 7.53. The van der Waals surface area contributed by atoms with Crippen molar-refractivity contribution < 1.29 is 14.5 Å². The second kappa shape index (κ2) is 7.14. The molecule has 26 heavy (non-hydrogen) atoms. The van der Waals surface area contributed by atoms with Crippen molar-refractivity contribution in [1.29, 1.82) is 0 Å². The first-order valence-electron chi connectivity index (χ1n) is 7.49. The van der Waals surface area contributed by atoms with Gasteiger partial charge in [-0.25, -0.2) is 4.98 Å². The van der Waals surface area contributed by atoms with Gasteiger partial charge in [0.1, 0.15) is 0 Å². The molecule has 0 unspecified atom stereocenters. The maximum absolute atomic E-state index is 12.3. The number of benzene rings is 1. The van der Waals surface area contributed by atoms with Crippen molar-refractivity contribution in [3.05, 3.63) is 61.8 Å². The van der Waals surface area contributed by atoms with E-state index in [0.29, 0.717) is 10.6 Å². The van der Waals surface area contributed by atoms with Crippen LogP contribution in [-0.4, -0.2) is 21.6 Å². The molecule has 3 aromatic rings. The Balaban J connectivity index is 1.89. The van der Waals surface area contributed by atoms with Gasteiger partial charge < -0.3 is 0 Å². The molecule has 0 fully saturated rings. The highest BCUT2D eigenvalue weighted by Crippen LogP contribution is 2.32. The largest absolute Gasteiger partial charge is 0.324 e. The van der Waals surface area contributed by atoms with Crippen molar-refractivity contribution in [2.45, 2.75) is 13.8 Å². The van der Waals surface area contributed by atoms with Gasteiger partial charge in [0.15, 0.2) is 10.9 Å². The zero-order valence-electron chi connectivity index (χ0n) is 13.8. The molecule has 0 saturated heterocycles. The lowest BCUT2D eigenvalue weighted by Gasteiger charge is -2.00. The van der Waals surface area contributed by atoms with Crippen LogP contribution in [-0.2, 0) is 0 Å². The molecule has 0 spiro atoms. The lowest BCUT2D eigenvalue weighted by molar-refractivity contribution is -0.380. The Morgan fingerprint density at radius 3 is 2.38 bits per heavy atom. The first kappa shape index (κ1) is 17.9. The third-order valence-corrected chi connectivity index (χ3v) is 5.60. The highest BCUT2D eigenvalue weighted by molar-refractivity contribution is 7.19. The van der Waals surface area contributed by atoms with Gasteiger partial charge in [-0.1, -0.05) is 52.5 Å². The zero-order chi connectivity index (χ0) is 18.8. The summed E-state index contributed by atoms with van der Waals surface area (Å²) in [6.07, 6.45) is 0. The minimum absolute atomic E-state index is 0.112. The van der Waals surface area contributed by atoms with Crippen molar-refractivity contribution in [3.63, 3.8) is 0 Å². The number of hydrogen-bond acceptors (Lipinski definition) is 7. The number of nitrogens with zero attached hydrogens (tertiary/aromatic N) is 2. The van der Waals surface area contributed by atoms with Crippen LogP contribution >= 0.6 is 22.7 Å². The van der Waals surface area contributed by atoms with Crippen molar-refractivity contribution in [3.8, 4) is 11.3 Å². The van der Waals surface area contributed by atoms with Gasteiger partial charge in [-0.3, -0.25) is 25.0 Å². The number of nitrogens with one attached hydrogen (secondary N) is 1. The number of amides is 1. The van der Waals surface area contributed by atoms with Crippen LogP contribution in [0.15, 0.2) is 36.4 Å². The van der Waals surface area contributed by atoms with E-state index in [9.17, 15) is 19.7 Å². The van der Waals surface area contributed by atoms with Gasteiger partial charge in [-0.05, 0) is 13.0 Å². The van der Waals surface area contributed by atoms with Crippen molar-refractivity contribution >= 4 is 44.5 Å². The van der Waals surface area contributed by atoms with Crippen LogP contribution in [0.4, 0.5) is 10.1 Å². The van der Waals surface area contributed by atoms with Crippen LogP contribution in [0, 0.1) is 17.0 Å². The fraction of sp³-hybridized carbons (Fsp3) is 0.118. The molecule has 1 aromatic carbocycles. The number of carbonyl (C=O) groups is 2. The molecule has 0 aliphatic heterocycles. The molecule has 1 amide bonds.